The first-order valence-electron chi connectivity index (χ1n) is 4.78. The molecule has 0 saturated heterocycles. The average molecular weight is 173 g/mol. The second-order valence-electron chi connectivity index (χ2n) is 4.50. The van der Waals surface area contributed by atoms with Crippen LogP contribution in [0.15, 0.2) is 0 Å². The molecular formula is C10H23NO. The zero-order valence-electron chi connectivity index (χ0n) is 9.09. The van der Waals surface area contributed by atoms with Crippen molar-refractivity contribution in [3.63, 3.8) is 0 Å². The van der Waals surface area contributed by atoms with Crippen molar-refractivity contribution in [1.29, 1.82) is 0 Å². The van der Waals surface area contributed by atoms with Crippen LogP contribution < -0.4 is 0 Å². The summed E-state index contributed by atoms with van der Waals surface area (Å²) < 4.78 is 0. The van der Waals surface area contributed by atoms with Crippen molar-refractivity contribution < 1.29 is 5.11 Å². The highest BCUT2D eigenvalue weighted by Crippen LogP contribution is 2.23. The molecule has 0 aromatic carbocycles. The van der Waals surface area contributed by atoms with E-state index in [2.05, 4.69) is 39.5 Å². The van der Waals surface area contributed by atoms with Crippen molar-refractivity contribution in [3.05, 3.63) is 0 Å². The minimum absolute atomic E-state index is 0.173. The van der Waals surface area contributed by atoms with Crippen LogP contribution in [0.1, 0.15) is 41.0 Å². The second kappa shape index (κ2) is 4.83. The van der Waals surface area contributed by atoms with Crippen LogP contribution in [-0.2, 0) is 0 Å². The monoisotopic (exact) mass is 173 g/mol. The molecule has 1 atom stereocenters. The number of aliphatic hydroxyl groups is 1. The standard InChI is InChI=1S/C10H23NO/c1-6-7-11(8-12)9(2)10(3,4)5/h9,12H,6-8H2,1-5H3. The number of hydrogen-bond donors (Lipinski definition) is 1. The molecule has 0 aromatic heterocycles. The number of aliphatic hydroxyl groups excluding tert-OH is 1. The molecule has 0 aliphatic heterocycles. The van der Waals surface area contributed by atoms with Crippen LogP contribution in [0.2, 0.25) is 0 Å². The minimum atomic E-state index is 0.173. The fourth-order valence-corrected chi connectivity index (χ4v) is 1.22. The Morgan fingerprint density at radius 3 is 2.08 bits per heavy atom. The van der Waals surface area contributed by atoms with Gasteiger partial charge in [-0.3, -0.25) is 4.90 Å². The Morgan fingerprint density at radius 1 is 1.33 bits per heavy atom. The molecule has 1 N–H and O–H groups in total. The maximum atomic E-state index is 9.12. The Morgan fingerprint density at radius 2 is 1.83 bits per heavy atom. The summed E-state index contributed by atoms with van der Waals surface area (Å²) in [7, 11) is 0. The molecule has 0 saturated carbocycles. The van der Waals surface area contributed by atoms with Crippen molar-refractivity contribution in [1.82, 2.24) is 4.90 Å². The molecule has 2 nitrogen and oxygen atoms in total. The Balaban J connectivity index is 4.11. The van der Waals surface area contributed by atoms with Crippen molar-refractivity contribution in [3.8, 4) is 0 Å². The summed E-state index contributed by atoms with van der Waals surface area (Å²) in [5.74, 6) is 0. The fraction of sp³-hybridized carbons (Fsp3) is 1.00. The van der Waals surface area contributed by atoms with E-state index >= 15 is 0 Å². The van der Waals surface area contributed by atoms with E-state index in [4.69, 9.17) is 5.11 Å². The predicted octanol–water partition coefficient (Wildman–Crippen LogP) is 2.08. The van der Waals surface area contributed by atoms with Gasteiger partial charge in [-0.2, -0.15) is 0 Å². The van der Waals surface area contributed by atoms with Gasteiger partial charge in [-0.1, -0.05) is 27.7 Å². The van der Waals surface area contributed by atoms with Crippen molar-refractivity contribution in [2.24, 2.45) is 5.41 Å². The summed E-state index contributed by atoms with van der Waals surface area (Å²) in [4.78, 5) is 2.11. The third-order valence-corrected chi connectivity index (χ3v) is 2.49. The first kappa shape index (κ1) is 11.9. The van der Waals surface area contributed by atoms with Gasteiger partial charge < -0.3 is 5.11 Å². The van der Waals surface area contributed by atoms with Crippen LogP contribution >= 0.6 is 0 Å². The molecule has 74 valence electrons. The summed E-state index contributed by atoms with van der Waals surface area (Å²) in [5, 5.41) is 9.12. The number of hydrogen-bond acceptors (Lipinski definition) is 2. The van der Waals surface area contributed by atoms with Crippen LogP contribution in [0.3, 0.4) is 0 Å². The van der Waals surface area contributed by atoms with Gasteiger partial charge in [0.25, 0.3) is 0 Å². The summed E-state index contributed by atoms with van der Waals surface area (Å²) in [6.07, 6.45) is 1.10. The molecule has 0 fully saturated rings. The summed E-state index contributed by atoms with van der Waals surface area (Å²) in [5.41, 5.74) is 0.248. The molecule has 0 bridgehead atoms. The fourth-order valence-electron chi connectivity index (χ4n) is 1.22. The second-order valence-corrected chi connectivity index (χ2v) is 4.50. The molecule has 0 rings (SSSR count). The maximum Gasteiger partial charge on any atom is 0.0958 e. The lowest BCUT2D eigenvalue weighted by atomic mass is 9.87. The van der Waals surface area contributed by atoms with Crippen LogP contribution in [-0.4, -0.2) is 29.3 Å². The minimum Gasteiger partial charge on any atom is -0.381 e. The molecule has 0 heterocycles. The van der Waals surface area contributed by atoms with Gasteiger partial charge in [-0.15, -0.1) is 0 Å². The van der Waals surface area contributed by atoms with Crippen molar-refractivity contribution in [2.45, 2.75) is 47.1 Å². The van der Waals surface area contributed by atoms with Gasteiger partial charge in [0.2, 0.25) is 0 Å². The van der Waals surface area contributed by atoms with E-state index in [0.717, 1.165) is 13.0 Å². The first-order chi connectivity index (χ1) is 5.43. The zero-order valence-corrected chi connectivity index (χ0v) is 9.09. The summed E-state index contributed by atoms with van der Waals surface area (Å²) in [6, 6.07) is 0.433. The van der Waals surface area contributed by atoms with E-state index in [1.54, 1.807) is 0 Å². The highest BCUT2D eigenvalue weighted by Gasteiger charge is 2.24. The maximum absolute atomic E-state index is 9.12. The molecule has 2 heteroatoms. The lowest BCUT2D eigenvalue weighted by Gasteiger charge is -2.36. The number of rotatable bonds is 4. The molecule has 0 aromatic rings. The Kier molecular flexibility index (Phi) is 4.80. The highest BCUT2D eigenvalue weighted by atomic mass is 16.3. The van der Waals surface area contributed by atoms with E-state index in [1.165, 1.54) is 0 Å². The molecule has 0 spiro atoms. The van der Waals surface area contributed by atoms with E-state index in [1.807, 2.05) is 0 Å². The van der Waals surface area contributed by atoms with E-state index in [-0.39, 0.29) is 12.1 Å². The predicted molar refractivity (Wildman–Crippen MR) is 53.0 cm³/mol. The van der Waals surface area contributed by atoms with Gasteiger partial charge in [0.15, 0.2) is 0 Å². The third-order valence-electron chi connectivity index (χ3n) is 2.49. The van der Waals surface area contributed by atoms with Crippen LogP contribution in [0.4, 0.5) is 0 Å². The molecule has 0 radical (unpaired) electrons. The van der Waals surface area contributed by atoms with Crippen LogP contribution in [0.25, 0.3) is 0 Å². The van der Waals surface area contributed by atoms with E-state index in [9.17, 15) is 0 Å². The van der Waals surface area contributed by atoms with Gasteiger partial charge in [0.05, 0.1) is 6.73 Å². The average Bonchev–Trinajstić information content (AvgIpc) is 1.97. The van der Waals surface area contributed by atoms with Crippen LogP contribution in [0.5, 0.6) is 0 Å². The lowest BCUT2D eigenvalue weighted by molar-refractivity contribution is 0.0288. The van der Waals surface area contributed by atoms with Gasteiger partial charge in [0, 0.05) is 12.6 Å². The topological polar surface area (TPSA) is 23.5 Å². The molecule has 0 aliphatic rings. The van der Waals surface area contributed by atoms with Gasteiger partial charge in [-0.05, 0) is 18.8 Å². The van der Waals surface area contributed by atoms with Crippen LogP contribution in [0, 0.1) is 5.41 Å². The molecular weight excluding hydrogens is 150 g/mol. The quantitative estimate of drug-likeness (QED) is 0.658. The van der Waals surface area contributed by atoms with Crippen molar-refractivity contribution in [2.75, 3.05) is 13.3 Å². The van der Waals surface area contributed by atoms with Crippen molar-refractivity contribution >= 4 is 0 Å². The SMILES string of the molecule is CCCN(CO)C(C)C(C)(C)C. The lowest BCUT2D eigenvalue weighted by Crippen LogP contribution is -2.42. The van der Waals surface area contributed by atoms with Gasteiger partial charge in [0.1, 0.15) is 0 Å². The Hall–Kier alpha value is -0.0800. The number of nitrogens with zero attached hydrogens (tertiary/aromatic N) is 1. The van der Waals surface area contributed by atoms with E-state index < -0.39 is 0 Å². The zero-order chi connectivity index (χ0) is 9.78. The largest absolute Gasteiger partial charge is 0.381 e. The molecule has 0 aliphatic carbocycles. The van der Waals surface area contributed by atoms with E-state index in [0.29, 0.717) is 6.04 Å². The van der Waals surface area contributed by atoms with Gasteiger partial charge in [-0.25, -0.2) is 0 Å². The molecule has 1 unspecified atom stereocenters. The summed E-state index contributed by atoms with van der Waals surface area (Å²) in [6.45, 7) is 12.1. The smallest absolute Gasteiger partial charge is 0.0958 e. The normalized spacial score (nSPS) is 15.2. The highest BCUT2D eigenvalue weighted by molar-refractivity contribution is 4.77. The summed E-state index contributed by atoms with van der Waals surface area (Å²) >= 11 is 0. The Labute approximate surface area is 76.6 Å². The first-order valence-corrected chi connectivity index (χ1v) is 4.78. The van der Waals surface area contributed by atoms with Gasteiger partial charge >= 0.3 is 0 Å². The third kappa shape index (κ3) is 3.55. The molecule has 0 amide bonds. The Bertz CT molecular complexity index is 117. The molecule has 12 heavy (non-hydrogen) atoms.